The fourth-order valence-electron chi connectivity index (χ4n) is 8.95. The largest absolute Gasteiger partial charge is 0.310 e. The first-order chi connectivity index (χ1) is 25.2. The summed E-state index contributed by atoms with van der Waals surface area (Å²) in [5, 5.41) is 5.46. The van der Waals surface area contributed by atoms with E-state index in [2.05, 4.69) is 193 Å². The van der Waals surface area contributed by atoms with Crippen LogP contribution in [0.15, 0.2) is 121 Å². The number of fused-ring (bicyclic) bond motifs is 7. The Kier molecular flexibility index (Phi) is 7.59. The van der Waals surface area contributed by atoms with Crippen LogP contribution in [-0.2, 0) is 0 Å². The van der Waals surface area contributed by atoms with Gasteiger partial charge in [-0.1, -0.05) is 141 Å². The van der Waals surface area contributed by atoms with E-state index in [1.54, 1.807) is 0 Å². The third-order valence-electron chi connectivity index (χ3n) is 11.9. The number of hydrogen-bond acceptors (Lipinski definition) is 0. The molecule has 0 amide bonds. The van der Waals surface area contributed by atoms with Crippen molar-refractivity contribution in [3.8, 4) is 33.6 Å². The highest BCUT2D eigenvalue weighted by atomic mass is 15.0. The summed E-state index contributed by atoms with van der Waals surface area (Å²) in [6.45, 7) is 0. The topological polar surface area (TPSA) is 9.86 Å². The van der Waals surface area contributed by atoms with E-state index >= 15 is 0 Å². The van der Waals surface area contributed by atoms with Gasteiger partial charge in [-0.25, -0.2) is 0 Å². The quantitative estimate of drug-likeness (QED) is 0.183. The summed E-state index contributed by atoms with van der Waals surface area (Å²) in [6.07, 6.45) is 0. The monoisotopic (exact) mass is 656 g/mol. The van der Waals surface area contributed by atoms with Crippen molar-refractivity contribution in [1.82, 2.24) is 9.13 Å². The highest BCUT2D eigenvalue weighted by molar-refractivity contribution is 6.65. The third kappa shape index (κ3) is 4.69. The molecule has 0 atom stereocenters. The van der Waals surface area contributed by atoms with Crippen molar-refractivity contribution in [2.75, 3.05) is 0 Å². The average molecular weight is 655 g/mol. The van der Waals surface area contributed by atoms with Crippen molar-refractivity contribution in [2.45, 2.75) is 0 Å². The van der Waals surface area contributed by atoms with Gasteiger partial charge in [0, 0.05) is 55.0 Å². The fourth-order valence-corrected chi connectivity index (χ4v) is 8.95. The maximum absolute atomic E-state index is 2.57. The first kappa shape index (κ1) is 32.6. The van der Waals surface area contributed by atoms with Crippen LogP contribution in [0.25, 0.3) is 77.2 Å². The van der Waals surface area contributed by atoms with Crippen molar-refractivity contribution < 1.29 is 0 Å². The summed E-state index contributed by atoms with van der Waals surface area (Å²) in [5.74, 6) is 0. The van der Waals surface area contributed by atoms with E-state index in [-0.39, 0.29) is 0 Å². The van der Waals surface area contributed by atoms with Gasteiger partial charge in [0.1, 0.15) is 62.8 Å². The number of rotatable bonds is 4. The van der Waals surface area contributed by atoms with E-state index in [0.29, 0.717) is 0 Å². The second-order valence-corrected chi connectivity index (χ2v) is 14.9. The third-order valence-corrected chi connectivity index (χ3v) is 11.9. The lowest BCUT2D eigenvalue weighted by atomic mass is 9.72. The van der Waals surface area contributed by atoms with Crippen molar-refractivity contribution >= 4 is 150 Å². The Labute approximate surface area is 312 Å². The lowest BCUT2D eigenvalue weighted by Crippen LogP contribution is -2.31. The Morgan fingerprint density at radius 2 is 0.615 bits per heavy atom. The van der Waals surface area contributed by atoms with Crippen molar-refractivity contribution in [1.29, 1.82) is 0 Å². The second-order valence-electron chi connectivity index (χ2n) is 14.9. The first-order valence-electron chi connectivity index (χ1n) is 18.5. The standard InChI is InChI=1S/C42H36B8N2/c43-27-19-29(45)39-33(35(27)47)31-32-34-36(48)28(44)20-30(46)40(34)52(26-17-13-24(14-18-26)22-9-5-2-6-10-22)42(32)38(50)37(49)41(31)51(39)25-15-11-23(12-16-25)21-7-3-1-4-8-21/h1-20H,43-50H2. The van der Waals surface area contributed by atoms with E-state index in [4.69, 9.17) is 0 Å². The zero-order chi connectivity index (χ0) is 36.0. The van der Waals surface area contributed by atoms with E-state index < -0.39 is 0 Å². The Bertz CT molecular complexity index is 2700. The van der Waals surface area contributed by atoms with E-state index in [1.165, 1.54) is 121 Å². The van der Waals surface area contributed by atoms with Gasteiger partial charge in [0.15, 0.2) is 0 Å². The number of benzene rings is 7. The highest BCUT2D eigenvalue weighted by Gasteiger charge is 2.27. The van der Waals surface area contributed by atoms with Crippen LogP contribution < -0.4 is 43.7 Å². The molecule has 2 aromatic heterocycles. The molecule has 0 aliphatic carbocycles. The molecule has 2 nitrogen and oxygen atoms in total. The minimum atomic E-state index is 1.19. The molecule has 52 heavy (non-hydrogen) atoms. The van der Waals surface area contributed by atoms with Crippen molar-refractivity contribution in [3.05, 3.63) is 121 Å². The van der Waals surface area contributed by atoms with Crippen LogP contribution in [0.3, 0.4) is 0 Å². The van der Waals surface area contributed by atoms with Crippen molar-refractivity contribution in [3.63, 3.8) is 0 Å². The zero-order valence-electron chi connectivity index (χ0n) is 31.4. The zero-order valence-corrected chi connectivity index (χ0v) is 31.4. The van der Waals surface area contributed by atoms with Crippen LogP contribution >= 0.6 is 0 Å². The number of aromatic nitrogens is 2. The summed E-state index contributed by atoms with van der Waals surface area (Å²) in [5.41, 5.74) is 23.1. The normalized spacial score (nSPS) is 11.7. The fraction of sp³-hybridized carbons (Fsp3) is 0. The van der Waals surface area contributed by atoms with Gasteiger partial charge in [-0.05, 0) is 46.5 Å². The molecule has 7 aromatic carbocycles. The number of nitrogens with zero attached hydrogens (tertiary/aromatic N) is 2. The Morgan fingerprint density at radius 3 is 0.962 bits per heavy atom. The lowest BCUT2D eigenvalue weighted by molar-refractivity contribution is 1.18. The van der Waals surface area contributed by atoms with Gasteiger partial charge in [0.05, 0.1) is 0 Å². The second kappa shape index (κ2) is 12.1. The molecule has 0 fully saturated rings. The molecular formula is C42H36B8N2. The molecule has 238 valence electrons. The van der Waals surface area contributed by atoms with Crippen LogP contribution in [0.5, 0.6) is 0 Å². The van der Waals surface area contributed by atoms with Crippen LogP contribution in [0, 0.1) is 0 Å². The molecule has 0 bridgehead atoms. The Hall–Kier alpha value is -5.34. The molecular weight excluding hydrogens is 619 g/mol. The molecule has 9 rings (SSSR count). The Morgan fingerprint density at radius 1 is 0.288 bits per heavy atom. The lowest BCUT2D eigenvalue weighted by Gasteiger charge is -2.16. The predicted molar refractivity (Wildman–Crippen MR) is 251 cm³/mol. The molecule has 9 aromatic rings. The van der Waals surface area contributed by atoms with Crippen LogP contribution in [0.1, 0.15) is 0 Å². The first-order valence-corrected chi connectivity index (χ1v) is 18.5. The van der Waals surface area contributed by atoms with E-state index in [9.17, 15) is 0 Å². The highest BCUT2D eigenvalue weighted by Crippen LogP contribution is 2.39. The average Bonchev–Trinajstić information content (AvgIpc) is 3.72. The SMILES string of the molecule is Bc1cc(B)c2c(c1B)c1c3c4c(B)c(B)cc(B)c4n(-c4ccc(-c5ccccc5)cc4)c3c(B)c(B)c1n2-c1ccc(-c2ccccc2)cc1. The van der Waals surface area contributed by atoms with Gasteiger partial charge >= 0.3 is 0 Å². The molecule has 0 aliphatic rings. The molecule has 0 saturated heterocycles. The van der Waals surface area contributed by atoms with E-state index in [0.717, 1.165) is 0 Å². The summed E-state index contributed by atoms with van der Waals surface area (Å²) >= 11 is 0. The van der Waals surface area contributed by atoms with Gasteiger partial charge in [-0.15, -0.1) is 0 Å². The molecule has 0 unspecified atom stereocenters. The van der Waals surface area contributed by atoms with Gasteiger partial charge in [-0.2, -0.15) is 0 Å². The van der Waals surface area contributed by atoms with Crippen molar-refractivity contribution in [2.24, 2.45) is 0 Å². The molecule has 0 radical (unpaired) electrons. The van der Waals surface area contributed by atoms with Gasteiger partial charge in [-0.3, -0.25) is 0 Å². The summed E-state index contributed by atoms with van der Waals surface area (Å²) < 4.78 is 5.14. The van der Waals surface area contributed by atoms with E-state index in [1.807, 2.05) is 0 Å². The Balaban J connectivity index is 1.45. The predicted octanol–water partition coefficient (Wildman–Crippen LogP) is -2.72. The van der Waals surface area contributed by atoms with Crippen LogP contribution in [0.2, 0.25) is 0 Å². The van der Waals surface area contributed by atoms with Gasteiger partial charge < -0.3 is 9.13 Å². The number of hydrogen-bond donors (Lipinski definition) is 0. The maximum Gasteiger partial charge on any atom is 0.142 e. The van der Waals surface area contributed by atoms with Gasteiger partial charge in [0.2, 0.25) is 0 Å². The molecule has 0 saturated carbocycles. The molecule has 0 aliphatic heterocycles. The molecule has 0 spiro atoms. The molecule has 2 heterocycles. The maximum atomic E-state index is 2.57. The smallest absolute Gasteiger partial charge is 0.142 e. The molecule has 0 N–H and O–H groups in total. The minimum Gasteiger partial charge on any atom is -0.310 e. The summed E-state index contributed by atoms with van der Waals surface area (Å²) in [6, 6.07) is 44.5. The minimum absolute atomic E-state index is 1.19. The summed E-state index contributed by atoms with van der Waals surface area (Å²) in [4.78, 5) is 0. The summed E-state index contributed by atoms with van der Waals surface area (Å²) in [7, 11) is 18.5. The van der Waals surface area contributed by atoms with Crippen LogP contribution in [0.4, 0.5) is 0 Å². The molecule has 10 heteroatoms. The van der Waals surface area contributed by atoms with Crippen LogP contribution in [-0.4, -0.2) is 71.9 Å². The van der Waals surface area contributed by atoms with Gasteiger partial charge in [0.25, 0.3) is 0 Å².